The molecule has 0 amide bonds. The van der Waals surface area contributed by atoms with Crippen LogP contribution < -0.4 is 16.6 Å². The number of fused-ring (bicyclic) bond motifs is 2. The SMILES string of the molecule is NC1=CC=C(c2ccncc2)c2nc(C3=CNNc4cc(F)c(-c5cncc(CN6CCC(F)(F)C6)c5)cc43)[nH]c2C1. The number of nitrogens with two attached hydrogens (primary N) is 1. The zero-order valence-electron chi connectivity index (χ0n) is 22.5. The molecule has 1 fully saturated rings. The van der Waals surface area contributed by atoms with Crippen LogP contribution in [0.4, 0.5) is 18.9 Å². The van der Waals surface area contributed by atoms with Gasteiger partial charge in [-0.25, -0.2) is 18.2 Å². The van der Waals surface area contributed by atoms with E-state index in [0.29, 0.717) is 47.8 Å². The second-order valence-corrected chi connectivity index (χ2v) is 10.8. The molecule has 0 atom stereocenters. The third-order valence-electron chi connectivity index (χ3n) is 7.71. The number of hydrogen-bond donors (Lipinski definition) is 4. The highest BCUT2D eigenvalue weighted by molar-refractivity contribution is 5.89. The number of benzene rings is 1. The highest BCUT2D eigenvalue weighted by Gasteiger charge is 2.38. The largest absolute Gasteiger partial charge is 0.402 e. The number of imidazole rings is 1. The molecule has 0 spiro atoms. The van der Waals surface area contributed by atoms with Gasteiger partial charge in [-0.3, -0.25) is 14.9 Å². The Morgan fingerprint density at radius 2 is 1.83 bits per heavy atom. The van der Waals surface area contributed by atoms with Crippen LogP contribution in [-0.4, -0.2) is 43.8 Å². The van der Waals surface area contributed by atoms with Gasteiger partial charge >= 0.3 is 0 Å². The Bertz CT molecular complexity index is 1770. The summed E-state index contributed by atoms with van der Waals surface area (Å²) in [5.74, 6) is -2.52. The van der Waals surface area contributed by atoms with E-state index in [1.807, 2.05) is 30.4 Å². The Morgan fingerprint density at radius 3 is 2.64 bits per heavy atom. The number of anilines is 1. The fourth-order valence-electron chi connectivity index (χ4n) is 5.69. The first-order valence-corrected chi connectivity index (χ1v) is 13.6. The Labute approximate surface area is 239 Å². The first-order valence-electron chi connectivity index (χ1n) is 13.6. The van der Waals surface area contributed by atoms with Crippen LogP contribution in [0.3, 0.4) is 0 Å². The summed E-state index contributed by atoms with van der Waals surface area (Å²) in [7, 11) is 0. The van der Waals surface area contributed by atoms with E-state index in [2.05, 4.69) is 25.8 Å². The fraction of sp³-hybridized carbons (Fsp3) is 0.194. The highest BCUT2D eigenvalue weighted by atomic mass is 19.3. The van der Waals surface area contributed by atoms with Crippen LogP contribution in [0.1, 0.15) is 40.3 Å². The van der Waals surface area contributed by atoms with E-state index in [0.717, 1.165) is 39.2 Å². The van der Waals surface area contributed by atoms with Crippen LogP contribution in [-0.2, 0) is 13.0 Å². The molecule has 11 heteroatoms. The molecule has 2 aliphatic heterocycles. The number of allylic oxidation sites excluding steroid dienone is 3. The lowest BCUT2D eigenvalue weighted by atomic mass is 9.96. The smallest absolute Gasteiger partial charge is 0.261 e. The number of nitrogens with one attached hydrogen (secondary N) is 3. The maximum Gasteiger partial charge on any atom is 0.261 e. The molecule has 1 aromatic carbocycles. The molecule has 8 nitrogen and oxygen atoms in total. The Hall–Kier alpha value is -4.90. The van der Waals surface area contributed by atoms with Crippen molar-refractivity contribution in [3.63, 3.8) is 0 Å². The van der Waals surface area contributed by atoms with Gasteiger partial charge in [0.05, 0.1) is 17.9 Å². The molecule has 42 heavy (non-hydrogen) atoms. The van der Waals surface area contributed by atoms with E-state index < -0.39 is 11.7 Å². The number of aromatic nitrogens is 4. The molecular formula is C31H27F3N8. The summed E-state index contributed by atoms with van der Waals surface area (Å²) in [6.45, 7) is 0.343. The minimum absolute atomic E-state index is 0.158. The lowest BCUT2D eigenvalue weighted by Gasteiger charge is -2.21. The predicted molar refractivity (Wildman–Crippen MR) is 154 cm³/mol. The van der Waals surface area contributed by atoms with Gasteiger partial charge in [-0.15, -0.1) is 0 Å². The molecule has 0 saturated carbocycles. The molecule has 0 radical (unpaired) electrons. The van der Waals surface area contributed by atoms with E-state index in [-0.39, 0.29) is 13.0 Å². The maximum atomic E-state index is 15.5. The third kappa shape index (κ3) is 4.92. The number of hydrogen-bond acceptors (Lipinski definition) is 7. The van der Waals surface area contributed by atoms with Crippen molar-refractivity contribution in [3.8, 4) is 11.1 Å². The monoisotopic (exact) mass is 568 g/mol. The van der Waals surface area contributed by atoms with E-state index in [1.54, 1.807) is 42.0 Å². The van der Waals surface area contributed by atoms with E-state index in [4.69, 9.17) is 10.7 Å². The van der Waals surface area contributed by atoms with Gasteiger partial charge in [0, 0.05) is 102 Å². The second-order valence-electron chi connectivity index (χ2n) is 10.8. The maximum absolute atomic E-state index is 15.5. The summed E-state index contributed by atoms with van der Waals surface area (Å²) >= 11 is 0. The van der Waals surface area contributed by atoms with Crippen molar-refractivity contribution in [1.82, 2.24) is 30.3 Å². The van der Waals surface area contributed by atoms with Gasteiger partial charge in [0.25, 0.3) is 5.92 Å². The third-order valence-corrected chi connectivity index (χ3v) is 7.71. The molecule has 5 N–H and O–H groups in total. The molecular weight excluding hydrogens is 541 g/mol. The highest BCUT2D eigenvalue weighted by Crippen LogP contribution is 2.38. The number of halogens is 3. The van der Waals surface area contributed by atoms with Gasteiger partial charge in [0.15, 0.2) is 0 Å². The molecule has 1 saturated heterocycles. The summed E-state index contributed by atoms with van der Waals surface area (Å²) in [6.07, 6.45) is 12.6. The Morgan fingerprint density at radius 1 is 0.976 bits per heavy atom. The molecule has 7 rings (SSSR count). The molecule has 1 aliphatic carbocycles. The number of hydrazine groups is 1. The van der Waals surface area contributed by atoms with Crippen molar-refractivity contribution < 1.29 is 13.2 Å². The average Bonchev–Trinajstić information content (AvgIpc) is 3.50. The molecule has 3 aliphatic rings. The summed E-state index contributed by atoms with van der Waals surface area (Å²) < 4.78 is 42.9. The lowest BCUT2D eigenvalue weighted by Crippen LogP contribution is -2.24. The molecule has 212 valence electrons. The van der Waals surface area contributed by atoms with Crippen molar-refractivity contribution in [2.75, 3.05) is 18.5 Å². The molecule has 0 bridgehead atoms. The zero-order valence-corrected chi connectivity index (χ0v) is 22.5. The number of alkyl halides is 2. The summed E-state index contributed by atoms with van der Waals surface area (Å²) in [5.41, 5.74) is 20.2. The number of aromatic amines is 1. The van der Waals surface area contributed by atoms with Gasteiger partial charge in [0.1, 0.15) is 11.6 Å². The van der Waals surface area contributed by atoms with Gasteiger partial charge in [-0.1, -0.05) is 6.08 Å². The fourth-order valence-corrected chi connectivity index (χ4v) is 5.69. The van der Waals surface area contributed by atoms with Crippen LogP contribution in [0.5, 0.6) is 0 Å². The molecule has 5 heterocycles. The van der Waals surface area contributed by atoms with Crippen LogP contribution in [0.25, 0.3) is 22.3 Å². The quantitative estimate of drug-likeness (QED) is 0.269. The minimum Gasteiger partial charge on any atom is -0.402 e. The summed E-state index contributed by atoms with van der Waals surface area (Å²) in [6, 6.07) is 8.84. The van der Waals surface area contributed by atoms with E-state index >= 15 is 4.39 Å². The normalized spacial score (nSPS) is 17.6. The van der Waals surface area contributed by atoms with Crippen molar-refractivity contribution in [2.24, 2.45) is 5.73 Å². The number of pyridine rings is 2. The predicted octanol–water partition coefficient (Wildman–Crippen LogP) is 5.00. The standard InChI is InChI=1S/C31H27F3N8/c32-26-12-27-24(11-23(26)20-9-18(13-37-14-20)16-42-8-5-31(33,34)17-42)25(15-38-41-27)30-39-28-10-21(35)1-2-22(29(28)40-30)19-3-6-36-7-4-19/h1-4,6-7,9,11-15,38,41H,5,8,10,16-17,35H2,(H,39,40). The van der Waals surface area contributed by atoms with Gasteiger partial charge in [-0.2, -0.15) is 0 Å². The topological polar surface area (TPSA) is 108 Å². The summed E-state index contributed by atoms with van der Waals surface area (Å²) in [4.78, 5) is 18.6. The summed E-state index contributed by atoms with van der Waals surface area (Å²) in [5, 5.41) is 0. The van der Waals surface area contributed by atoms with Crippen molar-refractivity contribution in [3.05, 3.63) is 119 Å². The van der Waals surface area contributed by atoms with Crippen LogP contribution in [0, 0.1) is 5.82 Å². The Balaban J connectivity index is 1.24. The van der Waals surface area contributed by atoms with Crippen molar-refractivity contribution in [1.29, 1.82) is 0 Å². The van der Waals surface area contributed by atoms with Crippen molar-refractivity contribution >= 4 is 16.8 Å². The Kier molecular flexibility index (Phi) is 6.31. The van der Waals surface area contributed by atoms with E-state index in [1.165, 1.54) is 6.07 Å². The molecule has 0 unspecified atom stereocenters. The first-order chi connectivity index (χ1) is 20.3. The van der Waals surface area contributed by atoms with Gasteiger partial charge in [-0.05, 0) is 41.5 Å². The van der Waals surface area contributed by atoms with Gasteiger partial charge in [0.2, 0.25) is 0 Å². The van der Waals surface area contributed by atoms with Crippen LogP contribution >= 0.6 is 0 Å². The number of H-pyrrole nitrogens is 1. The van der Waals surface area contributed by atoms with Crippen molar-refractivity contribution in [2.45, 2.75) is 25.3 Å². The van der Waals surface area contributed by atoms with Gasteiger partial charge < -0.3 is 21.6 Å². The second kappa shape index (κ2) is 10.2. The first kappa shape index (κ1) is 26.0. The lowest BCUT2D eigenvalue weighted by molar-refractivity contribution is 0.0115. The zero-order chi connectivity index (χ0) is 28.8. The van der Waals surface area contributed by atoms with Crippen LogP contribution in [0.15, 0.2) is 79.2 Å². The number of likely N-dealkylation sites (tertiary alicyclic amines) is 1. The minimum atomic E-state index is -2.68. The van der Waals surface area contributed by atoms with Crippen LogP contribution in [0.2, 0.25) is 0 Å². The molecule has 3 aromatic heterocycles. The van der Waals surface area contributed by atoms with E-state index in [9.17, 15) is 8.78 Å². The molecule has 4 aromatic rings. The number of nitrogens with zero attached hydrogens (tertiary/aromatic N) is 4. The number of rotatable bonds is 5. The average molecular weight is 569 g/mol.